The van der Waals surface area contributed by atoms with E-state index in [4.69, 9.17) is 25.0 Å². The van der Waals surface area contributed by atoms with Crippen LogP contribution in [0.1, 0.15) is 14.9 Å². The maximum atomic E-state index is 8.95. The van der Waals surface area contributed by atoms with Crippen LogP contribution >= 0.6 is 363 Å². The molecular weight excluding hydrogens is 2000 g/mol. The number of hydrogen-bond acceptors (Lipinski definition) is 11. The normalized spacial score (nSPS) is 12.2. The van der Waals surface area contributed by atoms with Gasteiger partial charge in [-0.1, -0.05) is 46.7 Å². The third-order valence-corrected chi connectivity index (χ3v) is 257. The van der Waals surface area contributed by atoms with E-state index in [1.807, 2.05) is 11.2 Å². The number of nitrogens with zero attached hydrogens (tertiary/aromatic N) is 3. The fourth-order valence-corrected chi connectivity index (χ4v) is 429. The number of nitroso groups, excluding NO2 is 1. The SMILES string of the molecule is C.C.CBr.CO.CON=O.CO[N+](=O)[O-].O=NCl.PP(P)P(P)P(P(P)P)P(P)P.PPP(P)P(P(P)P)P(I)P(P(P)P)P(P)P.PPP(P)P(P(P)P)P(P)P.S=S=S=S=S=S=S=S=S=S. The van der Waals surface area contributed by atoms with Crippen molar-refractivity contribution in [1.82, 2.24) is 0 Å². The second-order valence-electron chi connectivity index (χ2n) is 6.90. The molecule has 28 atom stereocenters. The molecule has 62 heteroatoms. The molecule has 0 saturated heterocycles. The summed E-state index contributed by atoms with van der Waals surface area (Å²) >= 11 is 19.2. The van der Waals surface area contributed by atoms with Crippen molar-refractivity contribution in [2.45, 2.75) is 14.9 Å². The first-order valence-corrected chi connectivity index (χ1v) is 98.5. The first-order valence-electron chi connectivity index (χ1n) is 13.1. The van der Waals surface area contributed by atoms with Crippen LogP contribution in [-0.2, 0) is 103 Å². The Kier molecular flexibility index (Phi) is 143. The lowest BCUT2D eigenvalue weighted by atomic mass is 11.7. The predicted octanol–water partition coefficient (Wildman–Crippen LogP) is 25.6. The Morgan fingerprint density at radius 3 is 0.941 bits per heavy atom. The van der Waals surface area contributed by atoms with Crippen LogP contribution in [0.5, 0.6) is 0 Å². The number of alkyl halides is 1. The summed E-state index contributed by atoms with van der Waals surface area (Å²) in [5, 5.41) is 17.1. The van der Waals surface area contributed by atoms with Crippen LogP contribution in [0.3, 0.4) is 0 Å². The highest BCUT2D eigenvalue weighted by molar-refractivity contribution is 14.2. The number of rotatable bonds is 17. The van der Waals surface area contributed by atoms with Crippen LogP contribution in [0.4, 0.5) is 0 Å². The Labute approximate surface area is 539 Å². The fourth-order valence-electron chi connectivity index (χ4n) is 1.57. The molecule has 0 bridgehead atoms. The van der Waals surface area contributed by atoms with Gasteiger partial charge in [-0.25, -0.2) is 0 Å². The highest BCUT2D eigenvalue weighted by Gasteiger charge is 2.36. The average molecular weight is 2060 g/mol. The molecule has 0 aromatic heterocycles. The average Bonchev–Trinajstić information content (AvgIpc) is 3.23. The third kappa shape index (κ3) is 82.6. The lowest BCUT2D eigenvalue weighted by molar-refractivity contribution is -0.749. The minimum Gasteiger partial charge on any atom is -0.400 e. The molecule has 28 unspecified atom stereocenters. The van der Waals surface area contributed by atoms with Crippen molar-refractivity contribution in [3.63, 3.8) is 0 Å². The standard InChI is InChI=1S/CH3Br.CH3NO3.CH3NO2.CH4O.2CH4.ClNO.H17IP16.H14P12.H13P11.S10/c1-2;1-5-2(3)4;1-4-2-3;1-2;;;1-2-3;1-11(16(12(3)4)13(5)6)17(14(7)8)15(9)10-2;1-8(2)11(7)12(9(3)4)10(5)6;1-7-10(6)11(8(2)3)9(4)5;1-3-5-7-9-10-8-6-4-2/h1H3;1H3;1H3;2H,1H3;2*1H4;;10H,2-9H2;1-7H2;7H,1-6H2;. The molecule has 0 radical (unpaired) electrons. The summed E-state index contributed by atoms with van der Waals surface area (Å²) in [6.07, 6.45) is 0. The van der Waals surface area contributed by atoms with Crippen LogP contribution < -0.4 is 0 Å². The summed E-state index contributed by atoms with van der Waals surface area (Å²) in [4.78, 5) is 33.2. The lowest BCUT2D eigenvalue weighted by Gasteiger charge is -2.38. The lowest BCUT2D eigenvalue weighted by Crippen LogP contribution is -1.91. The smallest absolute Gasteiger partial charge is 0.294 e. The van der Waals surface area contributed by atoms with Crippen LogP contribution in [-0.4, -0.2) is 37.4 Å². The molecule has 0 fully saturated rings. The molecule has 68 heavy (non-hydrogen) atoms. The van der Waals surface area contributed by atoms with E-state index >= 15 is 0 Å². The topological polar surface area (TPSA) is 141 Å². The van der Waals surface area contributed by atoms with Gasteiger partial charge in [-0.3, -0.25) is 0 Å². The molecule has 0 rings (SSSR count). The molecule has 0 spiro atoms. The van der Waals surface area contributed by atoms with Gasteiger partial charge in [-0.15, -0.1) is 207 Å². The Morgan fingerprint density at radius 1 is 0.588 bits per heavy atom. The molecule has 0 aliphatic carbocycles. The van der Waals surface area contributed by atoms with Crippen LogP contribution in [0.15, 0.2) is 10.0 Å². The largest absolute Gasteiger partial charge is 0.400 e. The van der Waals surface area contributed by atoms with Gasteiger partial charge < -0.3 is 14.8 Å². The van der Waals surface area contributed by atoms with Crippen molar-refractivity contribution in [2.24, 2.45) is 10.0 Å². The highest BCUT2D eigenvalue weighted by atomic mass is 127. The van der Waals surface area contributed by atoms with E-state index in [1.54, 1.807) is 58.0 Å². The van der Waals surface area contributed by atoms with Crippen molar-refractivity contribution in [1.29, 1.82) is 0 Å². The number of aliphatic hydroxyl groups is 1. The van der Waals surface area contributed by atoms with E-state index in [0.717, 1.165) is 30.1 Å². The van der Waals surface area contributed by atoms with Gasteiger partial charge in [-0.05, 0) is 119 Å². The Bertz CT molecular complexity index is 1390. The summed E-state index contributed by atoms with van der Waals surface area (Å²) in [7, 11) is 81.6. The Hall–Kier alpha value is 18.6. The monoisotopic (exact) mass is 2060 g/mol. The number of hydrogen-bond donors (Lipinski definition) is 1. The molecule has 0 aliphatic rings. The van der Waals surface area contributed by atoms with Gasteiger partial charge in [0, 0.05) is 124 Å². The number of halogens is 3. The number of aliphatic hydroxyl groups excluding tert-OH is 1. The van der Waals surface area contributed by atoms with Crippen molar-refractivity contribution in [3.8, 4) is 0 Å². The van der Waals surface area contributed by atoms with Gasteiger partial charge >= 0.3 is 0 Å². The second-order valence-corrected chi connectivity index (χ2v) is 172. The van der Waals surface area contributed by atoms with Crippen LogP contribution in [0, 0.1) is 19.9 Å². The van der Waals surface area contributed by atoms with E-state index in [-0.39, 0.29) is 125 Å². The zero-order valence-electron chi connectivity index (χ0n) is 33.7. The summed E-state index contributed by atoms with van der Waals surface area (Å²) in [5.74, 6) is 1.81. The van der Waals surface area contributed by atoms with Crippen LogP contribution in [0.2, 0.25) is 0 Å². The van der Waals surface area contributed by atoms with Gasteiger partial charge in [0.05, 0.1) is 18.9 Å². The zero-order valence-corrected chi connectivity index (χ0v) is 87.0. The quantitative estimate of drug-likeness (QED) is 0.0376. The van der Waals surface area contributed by atoms with E-state index in [1.165, 1.54) is 24.9 Å². The van der Waals surface area contributed by atoms with Gasteiger partial charge in [0.15, 0.2) is 5.34 Å². The summed E-state index contributed by atoms with van der Waals surface area (Å²) in [6.45, 7) is 2.32. The predicted molar refractivity (Wildman–Crippen MR) is 494 cm³/mol. The Morgan fingerprint density at radius 2 is 0.809 bits per heavy atom. The molecule has 0 aliphatic heterocycles. The molecular formula is C6H65BrClIN3O7P39S10. The first-order chi connectivity index (χ1) is 30.6. The van der Waals surface area contributed by atoms with E-state index < -0.39 is 5.09 Å². The maximum Gasteiger partial charge on any atom is 0.294 e. The zero-order chi connectivity index (χ0) is 54.7. The fraction of sp³-hybridized carbons (Fsp3) is 1.00. The second kappa shape index (κ2) is 87.7. The molecule has 0 aromatic rings. The van der Waals surface area contributed by atoms with E-state index in [0.29, 0.717) is 0 Å². The highest BCUT2D eigenvalue weighted by Crippen LogP contribution is 3.24. The molecule has 0 amide bonds. The molecule has 0 aromatic carbocycles. The summed E-state index contributed by atoms with van der Waals surface area (Å²) in [5.41, 5.74) is 0. The summed E-state index contributed by atoms with van der Waals surface area (Å²) in [6, 6.07) is 0. The molecule has 1 N–H and O–H groups in total. The molecule has 10 nitrogen and oxygen atoms in total. The van der Waals surface area contributed by atoms with Crippen molar-refractivity contribution in [3.05, 3.63) is 19.9 Å². The van der Waals surface area contributed by atoms with E-state index in [2.05, 4.69) is 269 Å². The van der Waals surface area contributed by atoms with E-state index in [9.17, 15) is 0 Å². The van der Waals surface area contributed by atoms with Gasteiger partial charge in [-0.2, -0.15) is 0 Å². The van der Waals surface area contributed by atoms with Gasteiger partial charge in [0.1, 0.15) is 7.11 Å². The van der Waals surface area contributed by atoms with Gasteiger partial charge in [0.2, 0.25) is 0 Å². The van der Waals surface area contributed by atoms with Gasteiger partial charge in [0.25, 0.3) is 5.09 Å². The molecule has 422 valence electrons. The molecule has 0 saturated carbocycles. The minimum absolute atomic E-state index is 0. The summed E-state index contributed by atoms with van der Waals surface area (Å²) < 4.78 is 1.72. The first kappa shape index (κ1) is 111. The third-order valence-electron chi connectivity index (χ3n) is 3.23. The minimum atomic E-state index is -0.875. The van der Waals surface area contributed by atoms with Crippen molar-refractivity contribution in [2.75, 3.05) is 27.2 Å². The maximum absolute atomic E-state index is 8.95. The van der Waals surface area contributed by atoms with Crippen molar-refractivity contribution < 1.29 is 19.9 Å². The van der Waals surface area contributed by atoms with Crippen LogP contribution in [0.25, 0.3) is 0 Å². The molecule has 0 heterocycles. The Balaban J connectivity index is -0.0000000641. The van der Waals surface area contributed by atoms with Crippen molar-refractivity contribution >= 4 is 456 Å².